The molecule has 0 aromatic heterocycles. The summed E-state index contributed by atoms with van der Waals surface area (Å²) < 4.78 is 42.9. The SMILES string of the molecule is NC(=O)c1ccc(F)c2c1CCC2NS(=O)(=O)NC1CC1. The van der Waals surface area contributed by atoms with Crippen molar-refractivity contribution in [3.63, 3.8) is 0 Å². The highest BCUT2D eigenvalue weighted by Crippen LogP contribution is 2.35. The summed E-state index contributed by atoms with van der Waals surface area (Å²) in [5.74, 6) is -1.16. The minimum absolute atomic E-state index is 0.0230. The van der Waals surface area contributed by atoms with Crippen LogP contribution in [0.3, 0.4) is 0 Å². The minimum Gasteiger partial charge on any atom is -0.366 e. The summed E-state index contributed by atoms with van der Waals surface area (Å²) >= 11 is 0. The summed E-state index contributed by atoms with van der Waals surface area (Å²) in [6, 6.07) is 1.80. The molecule has 1 aromatic carbocycles. The average Bonchev–Trinajstić information content (AvgIpc) is 3.08. The number of fused-ring (bicyclic) bond motifs is 1. The van der Waals surface area contributed by atoms with Gasteiger partial charge < -0.3 is 5.73 Å². The molecular weight excluding hydrogens is 297 g/mol. The van der Waals surface area contributed by atoms with Gasteiger partial charge in [0, 0.05) is 17.2 Å². The van der Waals surface area contributed by atoms with Gasteiger partial charge in [-0.1, -0.05) is 0 Å². The van der Waals surface area contributed by atoms with Crippen LogP contribution in [0.2, 0.25) is 0 Å². The van der Waals surface area contributed by atoms with Gasteiger partial charge in [0.1, 0.15) is 5.82 Å². The quantitative estimate of drug-likeness (QED) is 0.737. The molecule has 2 aliphatic carbocycles. The van der Waals surface area contributed by atoms with Crippen molar-refractivity contribution in [3.8, 4) is 0 Å². The van der Waals surface area contributed by atoms with Gasteiger partial charge in [-0.05, 0) is 43.4 Å². The second kappa shape index (κ2) is 5.04. The van der Waals surface area contributed by atoms with E-state index in [0.29, 0.717) is 18.4 Å². The summed E-state index contributed by atoms with van der Waals surface area (Å²) in [7, 11) is -3.68. The van der Waals surface area contributed by atoms with Crippen molar-refractivity contribution in [1.82, 2.24) is 9.44 Å². The number of benzene rings is 1. The number of carbonyl (C=O) groups is 1. The molecule has 6 nitrogen and oxygen atoms in total. The average molecular weight is 313 g/mol. The Morgan fingerprint density at radius 3 is 2.57 bits per heavy atom. The number of nitrogens with two attached hydrogens (primary N) is 1. The minimum atomic E-state index is -3.68. The summed E-state index contributed by atoms with van der Waals surface area (Å²) in [5.41, 5.74) is 6.26. The normalized spacial score (nSPS) is 21.3. The lowest BCUT2D eigenvalue weighted by atomic mass is 10.0. The van der Waals surface area contributed by atoms with Crippen LogP contribution in [0, 0.1) is 5.82 Å². The van der Waals surface area contributed by atoms with E-state index >= 15 is 0 Å². The molecular formula is C13H16FN3O3S. The van der Waals surface area contributed by atoms with Crippen LogP contribution in [-0.2, 0) is 16.6 Å². The smallest absolute Gasteiger partial charge is 0.277 e. The van der Waals surface area contributed by atoms with Crippen LogP contribution < -0.4 is 15.2 Å². The summed E-state index contributed by atoms with van der Waals surface area (Å²) in [6.07, 6.45) is 2.47. The topological polar surface area (TPSA) is 101 Å². The molecule has 0 bridgehead atoms. The Labute approximate surface area is 122 Å². The molecule has 1 aromatic rings. The van der Waals surface area contributed by atoms with Crippen LogP contribution >= 0.6 is 0 Å². The third-order valence-electron chi connectivity index (χ3n) is 3.80. The van der Waals surface area contributed by atoms with E-state index in [0.717, 1.165) is 18.9 Å². The molecule has 1 fully saturated rings. The van der Waals surface area contributed by atoms with Gasteiger partial charge in [-0.3, -0.25) is 4.79 Å². The number of halogens is 1. The van der Waals surface area contributed by atoms with E-state index in [1.54, 1.807) is 0 Å². The molecule has 1 amide bonds. The Bertz CT molecular complexity index is 701. The van der Waals surface area contributed by atoms with Gasteiger partial charge in [-0.2, -0.15) is 17.9 Å². The first-order valence-electron chi connectivity index (χ1n) is 6.78. The van der Waals surface area contributed by atoms with Gasteiger partial charge in [0.25, 0.3) is 10.2 Å². The lowest BCUT2D eigenvalue weighted by Gasteiger charge is -2.16. The fourth-order valence-electron chi connectivity index (χ4n) is 2.71. The standard InChI is InChI=1S/C13H16FN3O3S/c14-10-5-3-9(13(15)18)8-4-6-11(12(8)10)17-21(19,20)16-7-1-2-7/h3,5,7,11,16-17H,1-2,4,6H2,(H2,15,18). The molecule has 0 spiro atoms. The van der Waals surface area contributed by atoms with E-state index in [2.05, 4.69) is 9.44 Å². The molecule has 0 aliphatic heterocycles. The van der Waals surface area contributed by atoms with E-state index in [-0.39, 0.29) is 17.2 Å². The summed E-state index contributed by atoms with van der Waals surface area (Å²) in [4.78, 5) is 11.4. The molecule has 1 saturated carbocycles. The highest BCUT2D eigenvalue weighted by Gasteiger charge is 2.34. The van der Waals surface area contributed by atoms with Gasteiger partial charge in [0.2, 0.25) is 5.91 Å². The molecule has 8 heteroatoms. The Kier molecular flexibility index (Phi) is 3.46. The second-order valence-electron chi connectivity index (χ2n) is 5.46. The number of primary amides is 1. The van der Waals surface area contributed by atoms with E-state index in [4.69, 9.17) is 5.73 Å². The van der Waals surface area contributed by atoms with Gasteiger partial charge in [0.05, 0.1) is 6.04 Å². The Morgan fingerprint density at radius 2 is 1.95 bits per heavy atom. The fraction of sp³-hybridized carbons (Fsp3) is 0.462. The second-order valence-corrected chi connectivity index (χ2v) is 6.93. The number of nitrogens with one attached hydrogen (secondary N) is 2. The van der Waals surface area contributed by atoms with Crippen molar-refractivity contribution in [2.24, 2.45) is 5.73 Å². The number of amides is 1. The Balaban J connectivity index is 1.89. The van der Waals surface area contributed by atoms with Crippen molar-refractivity contribution in [2.45, 2.75) is 37.8 Å². The first-order chi connectivity index (χ1) is 9.87. The number of carbonyl (C=O) groups excluding carboxylic acids is 1. The van der Waals surface area contributed by atoms with Crippen LogP contribution in [0.4, 0.5) is 4.39 Å². The highest BCUT2D eigenvalue weighted by molar-refractivity contribution is 7.87. The zero-order chi connectivity index (χ0) is 15.2. The maximum Gasteiger partial charge on any atom is 0.277 e. The van der Waals surface area contributed by atoms with Gasteiger partial charge in [0.15, 0.2) is 0 Å². The molecule has 1 unspecified atom stereocenters. The first-order valence-corrected chi connectivity index (χ1v) is 8.26. The van der Waals surface area contributed by atoms with Gasteiger partial charge in [-0.25, -0.2) is 4.39 Å². The van der Waals surface area contributed by atoms with Crippen molar-refractivity contribution in [1.29, 1.82) is 0 Å². The molecule has 0 radical (unpaired) electrons. The van der Waals surface area contributed by atoms with E-state index in [9.17, 15) is 17.6 Å². The predicted molar refractivity (Wildman–Crippen MR) is 74.2 cm³/mol. The van der Waals surface area contributed by atoms with Crippen molar-refractivity contribution in [2.75, 3.05) is 0 Å². The van der Waals surface area contributed by atoms with Crippen molar-refractivity contribution < 1.29 is 17.6 Å². The van der Waals surface area contributed by atoms with E-state index in [1.165, 1.54) is 6.07 Å². The largest absolute Gasteiger partial charge is 0.366 e. The molecule has 2 aliphatic rings. The molecule has 3 rings (SSSR count). The maximum atomic E-state index is 14.0. The summed E-state index contributed by atoms with van der Waals surface area (Å²) in [5, 5.41) is 0. The summed E-state index contributed by atoms with van der Waals surface area (Å²) in [6.45, 7) is 0. The van der Waals surface area contributed by atoms with Crippen LogP contribution in [-0.4, -0.2) is 20.4 Å². The number of hydrogen-bond donors (Lipinski definition) is 3. The van der Waals surface area contributed by atoms with Crippen molar-refractivity contribution in [3.05, 3.63) is 34.6 Å². The van der Waals surface area contributed by atoms with Crippen LogP contribution in [0.25, 0.3) is 0 Å². The third-order valence-corrected chi connectivity index (χ3v) is 5.04. The maximum absolute atomic E-state index is 14.0. The number of rotatable bonds is 5. The highest BCUT2D eigenvalue weighted by atomic mass is 32.2. The van der Waals surface area contributed by atoms with Crippen LogP contribution in [0.5, 0.6) is 0 Å². The Hall–Kier alpha value is -1.51. The molecule has 0 heterocycles. The molecule has 21 heavy (non-hydrogen) atoms. The first kappa shape index (κ1) is 14.4. The predicted octanol–water partition coefficient (Wildman–Crippen LogP) is 0.498. The molecule has 0 saturated heterocycles. The zero-order valence-electron chi connectivity index (χ0n) is 11.2. The zero-order valence-corrected chi connectivity index (χ0v) is 12.0. The van der Waals surface area contributed by atoms with Gasteiger partial charge >= 0.3 is 0 Å². The monoisotopic (exact) mass is 313 g/mol. The lowest BCUT2D eigenvalue weighted by Crippen LogP contribution is -2.39. The molecule has 114 valence electrons. The lowest BCUT2D eigenvalue weighted by molar-refractivity contribution is 0.0999. The molecule has 4 N–H and O–H groups in total. The molecule has 1 atom stereocenters. The van der Waals surface area contributed by atoms with E-state index < -0.39 is 28.0 Å². The van der Waals surface area contributed by atoms with Crippen molar-refractivity contribution >= 4 is 16.1 Å². The fourth-order valence-corrected chi connectivity index (χ4v) is 4.06. The van der Waals surface area contributed by atoms with Crippen LogP contribution in [0.1, 0.15) is 46.8 Å². The van der Waals surface area contributed by atoms with E-state index in [1.807, 2.05) is 0 Å². The van der Waals surface area contributed by atoms with Gasteiger partial charge in [-0.15, -0.1) is 0 Å². The Morgan fingerprint density at radius 1 is 1.24 bits per heavy atom. The number of hydrogen-bond acceptors (Lipinski definition) is 3. The van der Waals surface area contributed by atoms with Crippen LogP contribution in [0.15, 0.2) is 12.1 Å². The third kappa shape index (κ3) is 2.92.